The number of imidazole rings is 1. The Labute approximate surface area is 114 Å². The number of rotatable bonds is 6. The highest BCUT2D eigenvalue weighted by molar-refractivity contribution is 5.90. The van der Waals surface area contributed by atoms with Gasteiger partial charge in [0, 0.05) is 25.4 Å². The molecule has 6 nitrogen and oxygen atoms in total. The molecular formula is C13H15FN4O2. The fourth-order valence-corrected chi connectivity index (χ4v) is 1.82. The number of nitrogens with two attached hydrogens (primary N) is 1. The second-order valence-electron chi connectivity index (χ2n) is 4.29. The number of aromatic amines is 1. The molecule has 106 valence electrons. The van der Waals surface area contributed by atoms with Crippen LogP contribution in [0.4, 0.5) is 15.8 Å². The van der Waals surface area contributed by atoms with Gasteiger partial charge in [0.25, 0.3) is 0 Å². The molecular weight excluding hydrogens is 263 g/mol. The lowest BCUT2D eigenvalue weighted by Gasteiger charge is -2.10. The number of hydrogen-bond acceptors (Lipinski definition) is 4. The number of nitrogen functional groups attached to an aromatic ring is 1. The average Bonchev–Trinajstić information content (AvgIpc) is 2.90. The first kappa shape index (κ1) is 13.9. The smallest absolute Gasteiger partial charge is 0.338 e. The van der Waals surface area contributed by atoms with E-state index in [2.05, 4.69) is 15.3 Å². The minimum absolute atomic E-state index is 0.210. The molecule has 1 heterocycles. The van der Waals surface area contributed by atoms with Gasteiger partial charge < -0.3 is 21.1 Å². The molecule has 20 heavy (non-hydrogen) atoms. The molecule has 0 aliphatic rings. The number of carbonyl (C=O) groups is 1. The Morgan fingerprint density at radius 2 is 2.30 bits per heavy atom. The van der Waals surface area contributed by atoms with Crippen molar-refractivity contribution >= 4 is 17.3 Å². The molecule has 1 aromatic heterocycles. The molecule has 0 aliphatic heterocycles. The molecule has 0 bridgehead atoms. The molecule has 7 heteroatoms. The van der Waals surface area contributed by atoms with Crippen LogP contribution in [0.15, 0.2) is 24.5 Å². The van der Waals surface area contributed by atoms with E-state index in [-0.39, 0.29) is 5.69 Å². The maximum Gasteiger partial charge on any atom is 0.338 e. The first-order valence-electron chi connectivity index (χ1n) is 6.12. The monoisotopic (exact) mass is 278 g/mol. The van der Waals surface area contributed by atoms with E-state index in [4.69, 9.17) is 10.8 Å². The van der Waals surface area contributed by atoms with Crippen LogP contribution in [0.2, 0.25) is 0 Å². The zero-order chi connectivity index (χ0) is 14.5. The van der Waals surface area contributed by atoms with Crippen LogP contribution in [0, 0.1) is 5.82 Å². The first-order chi connectivity index (χ1) is 9.58. The van der Waals surface area contributed by atoms with Gasteiger partial charge in [-0.05, 0) is 18.6 Å². The van der Waals surface area contributed by atoms with Crippen molar-refractivity contribution in [2.75, 3.05) is 17.6 Å². The largest absolute Gasteiger partial charge is 0.478 e. The fourth-order valence-electron chi connectivity index (χ4n) is 1.82. The van der Waals surface area contributed by atoms with E-state index in [1.54, 1.807) is 12.4 Å². The Hall–Kier alpha value is -2.57. The number of carboxylic acids is 1. The van der Waals surface area contributed by atoms with Crippen LogP contribution < -0.4 is 11.1 Å². The minimum atomic E-state index is -1.33. The number of nitrogens with one attached hydrogen (secondary N) is 2. The summed E-state index contributed by atoms with van der Waals surface area (Å²) < 4.78 is 13.5. The van der Waals surface area contributed by atoms with Crippen molar-refractivity contribution in [3.05, 3.63) is 41.7 Å². The van der Waals surface area contributed by atoms with Crippen LogP contribution >= 0.6 is 0 Å². The third kappa shape index (κ3) is 3.25. The molecule has 2 rings (SSSR count). The van der Waals surface area contributed by atoms with Gasteiger partial charge in [-0.15, -0.1) is 0 Å². The van der Waals surface area contributed by atoms with Crippen LogP contribution in [0.5, 0.6) is 0 Å². The lowest BCUT2D eigenvalue weighted by molar-refractivity contribution is 0.0692. The van der Waals surface area contributed by atoms with Crippen molar-refractivity contribution < 1.29 is 14.3 Å². The maximum atomic E-state index is 13.5. The zero-order valence-electron chi connectivity index (χ0n) is 10.7. The third-order valence-electron chi connectivity index (χ3n) is 2.83. The van der Waals surface area contributed by atoms with Crippen LogP contribution in [0.1, 0.15) is 22.6 Å². The number of H-pyrrole nitrogens is 1. The molecule has 2 aromatic rings. The highest BCUT2D eigenvalue weighted by Gasteiger charge is 2.13. The number of benzene rings is 1. The van der Waals surface area contributed by atoms with Gasteiger partial charge in [-0.3, -0.25) is 0 Å². The lowest BCUT2D eigenvalue weighted by atomic mass is 10.1. The first-order valence-corrected chi connectivity index (χ1v) is 6.12. The predicted octanol–water partition coefficient (Wildman–Crippen LogP) is 1.87. The molecule has 0 spiro atoms. The summed E-state index contributed by atoms with van der Waals surface area (Å²) in [6, 6.07) is 2.22. The second kappa shape index (κ2) is 6.05. The van der Waals surface area contributed by atoms with Crippen molar-refractivity contribution in [1.82, 2.24) is 9.97 Å². The van der Waals surface area contributed by atoms with E-state index in [1.165, 1.54) is 0 Å². The van der Waals surface area contributed by atoms with E-state index >= 15 is 0 Å². The summed E-state index contributed by atoms with van der Waals surface area (Å²) in [5.41, 5.74) is 5.87. The maximum absolute atomic E-state index is 13.5. The second-order valence-corrected chi connectivity index (χ2v) is 4.29. The van der Waals surface area contributed by atoms with Crippen molar-refractivity contribution in [1.29, 1.82) is 0 Å². The summed E-state index contributed by atoms with van der Waals surface area (Å²) in [6.07, 6.45) is 4.98. The minimum Gasteiger partial charge on any atom is -0.478 e. The highest BCUT2D eigenvalue weighted by Crippen LogP contribution is 2.23. The molecule has 0 amide bonds. The van der Waals surface area contributed by atoms with Crippen molar-refractivity contribution in [3.8, 4) is 0 Å². The fraction of sp³-hybridized carbons (Fsp3) is 0.231. The summed E-state index contributed by atoms with van der Waals surface area (Å²) in [6.45, 7) is 0.580. The van der Waals surface area contributed by atoms with Crippen LogP contribution in [-0.2, 0) is 6.42 Å². The van der Waals surface area contributed by atoms with Gasteiger partial charge in [0.1, 0.15) is 11.6 Å². The molecule has 0 aliphatic carbocycles. The number of nitrogens with zero attached hydrogens (tertiary/aromatic N) is 1. The Kier molecular flexibility index (Phi) is 4.19. The molecule has 1 aromatic carbocycles. The summed E-state index contributed by atoms with van der Waals surface area (Å²) >= 11 is 0. The van der Waals surface area contributed by atoms with E-state index < -0.39 is 17.3 Å². The molecule has 0 saturated heterocycles. The van der Waals surface area contributed by atoms with Gasteiger partial charge in [0.2, 0.25) is 0 Å². The average molecular weight is 278 g/mol. The Bertz CT molecular complexity index is 599. The van der Waals surface area contributed by atoms with Crippen molar-refractivity contribution in [2.24, 2.45) is 0 Å². The number of halogens is 1. The standard InChI is InChI=1S/C13H15FN4O2/c14-9-7-11(10(15)6-8(9)13(19)20)16-3-1-2-12-17-4-5-18-12/h4-7,16H,1-3,15H2,(H,17,18)(H,19,20). The Balaban J connectivity index is 1.92. The molecule has 0 atom stereocenters. The molecule has 5 N–H and O–H groups in total. The van der Waals surface area contributed by atoms with E-state index in [0.29, 0.717) is 12.2 Å². The molecule has 0 radical (unpaired) electrons. The van der Waals surface area contributed by atoms with Gasteiger partial charge >= 0.3 is 5.97 Å². The number of anilines is 2. The van der Waals surface area contributed by atoms with Gasteiger partial charge in [0.05, 0.1) is 16.9 Å². The van der Waals surface area contributed by atoms with E-state index in [0.717, 1.165) is 30.8 Å². The number of hydrogen-bond donors (Lipinski definition) is 4. The Morgan fingerprint density at radius 3 is 2.95 bits per heavy atom. The highest BCUT2D eigenvalue weighted by atomic mass is 19.1. The van der Waals surface area contributed by atoms with Gasteiger partial charge in [-0.25, -0.2) is 14.2 Å². The van der Waals surface area contributed by atoms with Crippen LogP contribution in [0.25, 0.3) is 0 Å². The van der Waals surface area contributed by atoms with Gasteiger partial charge in [0.15, 0.2) is 0 Å². The molecule has 0 saturated carbocycles. The van der Waals surface area contributed by atoms with E-state index in [9.17, 15) is 9.18 Å². The summed E-state index contributed by atoms with van der Waals surface area (Å²) in [5.74, 6) is -1.26. The lowest BCUT2D eigenvalue weighted by Crippen LogP contribution is -2.09. The SMILES string of the molecule is Nc1cc(C(=O)O)c(F)cc1NCCCc1ncc[nH]1. The van der Waals surface area contributed by atoms with Gasteiger partial charge in [-0.2, -0.15) is 0 Å². The number of carboxylic acid groups (broad SMARTS) is 1. The predicted molar refractivity (Wildman–Crippen MR) is 73.2 cm³/mol. The summed E-state index contributed by atoms with van der Waals surface area (Å²) in [4.78, 5) is 17.8. The molecule has 0 unspecified atom stereocenters. The summed E-state index contributed by atoms with van der Waals surface area (Å²) in [5, 5.41) is 11.8. The number of aryl methyl sites for hydroxylation is 1. The number of aromatic carboxylic acids is 1. The quantitative estimate of drug-likeness (QED) is 0.477. The summed E-state index contributed by atoms with van der Waals surface area (Å²) in [7, 11) is 0. The van der Waals surface area contributed by atoms with E-state index in [1.807, 2.05) is 0 Å². The molecule has 0 fully saturated rings. The zero-order valence-corrected chi connectivity index (χ0v) is 10.7. The Morgan fingerprint density at radius 1 is 1.50 bits per heavy atom. The number of aromatic nitrogens is 2. The normalized spacial score (nSPS) is 10.4. The third-order valence-corrected chi connectivity index (χ3v) is 2.83. The van der Waals surface area contributed by atoms with Crippen LogP contribution in [0.3, 0.4) is 0 Å². The van der Waals surface area contributed by atoms with Gasteiger partial charge in [-0.1, -0.05) is 0 Å². The van der Waals surface area contributed by atoms with Crippen molar-refractivity contribution in [2.45, 2.75) is 12.8 Å². The van der Waals surface area contributed by atoms with Crippen LogP contribution in [-0.4, -0.2) is 27.6 Å². The van der Waals surface area contributed by atoms with Crippen molar-refractivity contribution in [3.63, 3.8) is 0 Å². The topological polar surface area (TPSA) is 104 Å².